The number of pyridine rings is 1. The Morgan fingerprint density at radius 1 is 1.40 bits per heavy atom. The highest BCUT2D eigenvalue weighted by molar-refractivity contribution is 5.41. The second-order valence-corrected chi connectivity index (χ2v) is 3.34. The van der Waals surface area contributed by atoms with Gasteiger partial charge in [0.25, 0.3) is 0 Å². The molecular weight excluding hydrogens is 192 g/mol. The Morgan fingerprint density at radius 3 is 2.67 bits per heavy atom. The van der Waals surface area contributed by atoms with Crippen molar-refractivity contribution in [3.63, 3.8) is 0 Å². The van der Waals surface area contributed by atoms with Crippen LogP contribution in [0.25, 0.3) is 0 Å². The molecule has 0 radical (unpaired) electrons. The van der Waals surface area contributed by atoms with Gasteiger partial charge in [-0.1, -0.05) is 0 Å². The zero-order chi connectivity index (χ0) is 11.3. The van der Waals surface area contributed by atoms with E-state index in [4.69, 9.17) is 9.47 Å². The van der Waals surface area contributed by atoms with Gasteiger partial charge in [-0.15, -0.1) is 0 Å². The zero-order valence-corrected chi connectivity index (χ0v) is 9.76. The number of hydrogen-bond acceptors (Lipinski definition) is 4. The summed E-state index contributed by atoms with van der Waals surface area (Å²) in [7, 11) is 5.25. The molecule has 0 bridgehead atoms. The second kappa shape index (κ2) is 5.68. The minimum Gasteiger partial charge on any atom is -0.495 e. The molecular formula is C11H18N2O2. The molecule has 0 spiro atoms. The third-order valence-electron chi connectivity index (χ3n) is 2.26. The first-order valence-corrected chi connectivity index (χ1v) is 4.89. The van der Waals surface area contributed by atoms with Gasteiger partial charge in [0.2, 0.25) is 0 Å². The minimum atomic E-state index is 0.556. The molecule has 1 N–H and O–H groups in total. The summed E-state index contributed by atoms with van der Waals surface area (Å²) in [6.07, 6.45) is 1.84. The summed E-state index contributed by atoms with van der Waals surface area (Å²) in [6.45, 7) is 3.25. The van der Waals surface area contributed by atoms with E-state index in [-0.39, 0.29) is 0 Å². The van der Waals surface area contributed by atoms with E-state index in [1.807, 2.05) is 20.2 Å². The number of rotatable bonds is 5. The van der Waals surface area contributed by atoms with Gasteiger partial charge in [0.1, 0.15) is 5.75 Å². The molecule has 84 valence electrons. The summed E-state index contributed by atoms with van der Waals surface area (Å²) in [5.74, 6) is 0.846. The maximum Gasteiger partial charge on any atom is 0.144 e. The molecule has 0 fully saturated rings. The fourth-order valence-electron chi connectivity index (χ4n) is 1.60. The zero-order valence-electron chi connectivity index (χ0n) is 9.76. The van der Waals surface area contributed by atoms with Crippen molar-refractivity contribution in [1.82, 2.24) is 10.3 Å². The molecule has 0 aliphatic heterocycles. The van der Waals surface area contributed by atoms with Crippen molar-refractivity contribution >= 4 is 0 Å². The van der Waals surface area contributed by atoms with Crippen LogP contribution in [0.3, 0.4) is 0 Å². The van der Waals surface area contributed by atoms with Crippen molar-refractivity contribution < 1.29 is 9.47 Å². The number of aromatic nitrogens is 1. The summed E-state index contributed by atoms with van der Waals surface area (Å²) in [5.41, 5.74) is 3.09. The summed E-state index contributed by atoms with van der Waals surface area (Å²) >= 11 is 0. The molecule has 0 amide bonds. The third kappa shape index (κ3) is 2.67. The highest BCUT2D eigenvalue weighted by Crippen LogP contribution is 2.25. The highest BCUT2D eigenvalue weighted by atomic mass is 16.5. The Balaban J connectivity index is 3.15. The monoisotopic (exact) mass is 210 g/mol. The molecule has 1 aromatic rings. The van der Waals surface area contributed by atoms with E-state index < -0.39 is 0 Å². The van der Waals surface area contributed by atoms with E-state index in [1.165, 1.54) is 0 Å². The number of aryl methyl sites for hydroxylation is 1. The first kappa shape index (κ1) is 11.9. The lowest BCUT2D eigenvalue weighted by atomic mass is 10.1. The van der Waals surface area contributed by atoms with Gasteiger partial charge < -0.3 is 14.8 Å². The van der Waals surface area contributed by atoms with Gasteiger partial charge in [0, 0.05) is 31.0 Å². The predicted molar refractivity (Wildman–Crippen MR) is 59.0 cm³/mol. The molecule has 0 aromatic carbocycles. The predicted octanol–water partition coefficient (Wildman–Crippen LogP) is 1.26. The number of nitrogens with one attached hydrogen (secondary N) is 1. The van der Waals surface area contributed by atoms with Crippen molar-refractivity contribution in [3.05, 3.63) is 23.0 Å². The van der Waals surface area contributed by atoms with Gasteiger partial charge in [0.05, 0.1) is 19.4 Å². The Morgan fingerprint density at radius 2 is 2.13 bits per heavy atom. The first-order chi connectivity index (χ1) is 7.24. The van der Waals surface area contributed by atoms with E-state index in [1.54, 1.807) is 14.2 Å². The van der Waals surface area contributed by atoms with E-state index in [2.05, 4.69) is 10.3 Å². The van der Waals surface area contributed by atoms with Gasteiger partial charge in [-0.25, -0.2) is 0 Å². The Kier molecular flexibility index (Phi) is 4.52. The molecule has 0 saturated carbocycles. The van der Waals surface area contributed by atoms with Gasteiger partial charge >= 0.3 is 0 Å². The molecule has 1 aromatic heterocycles. The van der Waals surface area contributed by atoms with Crippen molar-refractivity contribution in [3.8, 4) is 5.75 Å². The van der Waals surface area contributed by atoms with E-state index in [0.717, 1.165) is 29.1 Å². The van der Waals surface area contributed by atoms with Crippen molar-refractivity contribution in [2.75, 3.05) is 21.3 Å². The molecule has 4 nitrogen and oxygen atoms in total. The van der Waals surface area contributed by atoms with Crippen LogP contribution in [-0.4, -0.2) is 26.3 Å². The van der Waals surface area contributed by atoms with Gasteiger partial charge in [-0.2, -0.15) is 0 Å². The van der Waals surface area contributed by atoms with Crippen LogP contribution in [0.1, 0.15) is 16.8 Å². The molecule has 15 heavy (non-hydrogen) atoms. The maximum absolute atomic E-state index is 5.36. The lowest BCUT2D eigenvalue weighted by molar-refractivity contribution is 0.183. The average Bonchev–Trinajstić information content (AvgIpc) is 2.23. The van der Waals surface area contributed by atoms with Crippen LogP contribution in [0, 0.1) is 6.92 Å². The van der Waals surface area contributed by atoms with E-state index in [9.17, 15) is 0 Å². The molecule has 0 aliphatic carbocycles. The van der Waals surface area contributed by atoms with Crippen LogP contribution in [0.15, 0.2) is 6.20 Å². The lowest BCUT2D eigenvalue weighted by Crippen LogP contribution is -2.11. The van der Waals surface area contributed by atoms with Crippen LogP contribution in [0.4, 0.5) is 0 Å². The molecule has 1 rings (SSSR count). The van der Waals surface area contributed by atoms with Gasteiger partial charge in [-0.05, 0) is 14.0 Å². The lowest BCUT2D eigenvalue weighted by Gasteiger charge is -2.14. The van der Waals surface area contributed by atoms with Crippen LogP contribution in [-0.2, 0) is 17.9 Å². The summed E-state index contributed by atoms with van der Waals surface area (Å²) in [4.78, 5) is 4.28. The van der Waals surface area contributed by atoms with Gasteiger partial charge in [0.15, 0.2) is 0 Å². The molecule has 4 heteroatoms. The molecule has 0 saturated heterocycles. The van der Waals surface area contributed by atoms with Crippen molar-refractivity contribution in [2.24, 2.45) is 0 Å². The summed E-state index contributed by atoms with van der Waals surface area (Å²) < 4.78 is 10.5. The second-order valence-electron chi connectivity index (χ2n) is 3.34. The summed E-state index contributed by atoms with van der Waals surface area (Å²) in [6, 6.07) is 0. The minimum absolute atomic E-state index is 0.556. The third-order valence-corrected chi connectivity index (χ3v) is 2.26. The molecule has 0 atom stereocenters. The standard InChI is InChI=1S/C11H18N2O2/c1-8-11(15-4)10(6-12-2)9(5-13-8)7-14-3/h5,12H,6-7H2,1-4H3. The summed E-state index contributed by atoms with van der Waals surface area (Å²) in [5, 5.41) is 3.12. The van der Waals surface area contributed by atoms with Crippen molar-refractivity contribution in [1.29, 1.82) is 0 Å². The highest BCUT2D eigenvalue weighted by Gasteiger charge is 2.12. The number of ether oxygens (including phenoxy) is 2. The largest absolute Gasteiger partial charge is 0.495 e. The van der Waals surface area contributed by atoms with Crippen LogP contribution < -0.4 is 10.1 Å². The van der Waals surface area contributed by atoms with Gasteiger partial charge in [-0.3, -0.25) is 4.98 Å². The Hall–Kier alpha value is -1.13. The smallest absolute Gasteiger partial charge is 0.144 e. The van der Waals surface area contributed by atoms with E-state index >= 15 is 0 Å². The van der Waals surface area contributed by atoms with Crippen LogP contribution in [0.2, 0.25) is 0 Å². The number of hydrogen-bond donors (Lipinski definition) is 1. The topological polar surface area (TPSA) is 43.4 Å². The fraction of sp³-hybridized carbons (Fsp3) is 0.545. The molecule has 0 unspecified atom stereocenters. The SMILES string of the molecule is CNCc1c(COC)cnc(C)c1OC. The van der Waals surface area contributed by atoms with Crippen LogP contribution in [0.5, 0.6) is 5.75 Å². The number of nitrogens with zero attached hydrogens (tertiary/aromatic N) is 1. The first-order valence-electron chi connectivity index (χ1n) is 4.89. The normalized spacial score (nSPS) is 10.4. The fourth-order valence-corrected chi connectivity index (χ4v) is 1.60. The Labute approximate surface area is 90.6 Å². The molecule has 0 aliphatic rings. The number of methoxy groups -OCH3 is 2. The maximum atomic E-state index is 5.36. The molecule has 1 heterocycles. The quantitative estimate of drug-likeness (QED) is 0.794. The van der Waals surface area contributed by atoms with E-state index in [0.29, 0.717) is 6.61 Å². The van der Waals surface area contributed by atoms with Crippen LogP contribution >= 0.6 is 0 Å². The Bertz CT molecular complexity index is 327. The van der Waals surface area contributed by atoms with Crippen molar-refractivity contribution in [2.45, 2.75) is 20.1 Å². The average molecular weight is 210 g/mol.